The Hall–Kier alpha value is -3.21. The molecule has 0 atom stereocenters. The zero-order valence-corrected chi connectivity index (χ0v) is 18.7. The Kier molecular flexibility index (Phi) is 5.76. The van der Waals surface area contributed by atoms with Crippen molar-refractivity contribution in [1.82, 2.24) is 14.4 Å². The number of methoxy groups -OCH3 is 1. The van der Waals surface area contributed by atoms with Gasteiger partial charge in [-0.15, -0.1) is 0 Å². The lowest BCUT2D eigenvalue weighted by Gasteiger charge is -2.27. The summed E-state index contributed by atoms with van der Waals surface area (Å²) < 4.78 is 30.6. The van der Waals surface area contributed by atoms with Crippen LogP contribution in [0.1, 0.15) is 32.0 Å². The first-order valence-electron chi connectivity index (χ1n) is 9.90. The first-order valence-corrected chi connectivity index (χ1v) is 11.3. The molecule has 1 N–H and O–H groups in total. The molecule has 0 bridgehead atoms. The van der Waals surface area contributed by atoms with Crippen LogP contribution in [-0.2, 0) is 32.6 Å². The molecule has 10 heteroatoms. The number of aromatic nitrogens is 1. The highest BCUT2D eigenvalue weighted by Crippen LogP contribution is 2.30. The molecule has 1 aliphatic heterocycles. The molecule has 0 unspecified atom stereocenters. The number of fused-ring (bicyclic) bond motifs is 3. The third-order valence-corrected chi connectivity index (χ3v) is 7.33. The number of sulfonamides is 1. The molecule has 0 fully saturated rings. The van der Waals surface area contributed by atoms with E-state index >= 15 is 0 Å². The van der Waals surface area contributed by atoms with Gasteiger partial charge in [0, 0.05) is 54.3 Å². The van der Waals surface area contributed by atoms with Crippen molar-refractivity contribution in [2.75, 3.05) is 27.8 Å². The zero-order valence-electron chi connectivity index (χ0n) is 17.9. The van der Waals surface area contributed by atoms with Gasteiger partial charge in [-0.2, -0.15) is 0 Å². The van der Waals surface area contributed by atoms with E-state index in [0.29, 0.717) is 25.1 Å². The molecule has 2 aromatic carbocycles. The van der Waals surface area contributed by atoms with Crippen molar-refractivity contribution in [3.63, 3.8) is 0 Å². The van der Waals surface area contributed by atoms with Crippen LogP contribution in [0.2, 0.25) is 0 Å². The minimum absolute atomic E-state index is 0.0276. The predicted octanol–water partition coefficient (Wildman–Crippen LogP) is 2.33. The Morgan fingerprint density at radius 2 is 1.88 bits per heavy atom. The van der Waals surface area contributed by atoms with Gasteiger partial charge < -0.3 is 14.6 Å². The maximum Gasteiger partial charge on any atom is 0.337 e. The quantitative estimate of drug-likeness (QED) is 0.465. The number of nitrogens with zero attached hydrogens (tertiary/aromatic N) is 2. The number of H-pyrrole nitrogens is 1. The number of rotatable bonds is 5. The highest BCUT2D eigenvalue weighted by Gasteiger charge is 2.27. The molecule has 1 aliphatic rings. The zero-order chi connectivity index (χ0) is 23.0. The Morgan fingerprint density at radius 1 is 1.09 bits per heavy atom. The molecule has 4 rings (SSSR count). The van der Waals surface area contributed by atoms with Crippen LogP contribution in [0.4, 0.5) is 0 Å². The van der Waals surface area contributed by atoms with Crippen molar-refractivity contribution in [2.45, 2.75) is 17.9 Å². The standard InChI is InChI=1S/C22H23N3O6S/c1-24(31-3)32(28,29)16-6-4-5-14(11-16)21(26)25-10-9-20-18(13-25)17-12-15(22(27)30-2)7-8-19(17)23-20/h4-8,11-12,23H,9-10,13H2,1-3H3. The third kappa shape index (κ3) is 3.77. The lowest BCUT2D eigenvalue weighted by atomic mass is 10.0. The lowest BCUT2D eigenvalue weighted by molar-refractivity contribution is -0.0258. The molecule has 1 aromatic heterocycles. The lowest BCUT2D eigenvalue weighted by Crippen LogP contribution is -2.36. The molecule has 3 aromatic rings. The van der Waals surface area contributed by atoms with Crippen molar-refractivity contribution in [1.29, 1.82) is 0 Å². The van der Waals surface area contributed by atoms with Crippen LogP contribution in [0.5, 0.6) is 0 Å². The van der Waals surface area contributed by atoms with E-state index in [1.54, 1.807) is 23.1 Å². The summed E-state index contributed by atoms with van der Waals surface area (Å²) in [5.74, 6) is -0.698. The van der Waals surface area contributed by atoms with Crippen molar-refractivity contribution in [3.8, 4) is 0 Å². The summed E-state index contributed by atoms with van der Waals surface area (Å²) in [6.45, 7) is 0.825. The van der Waals surface area contributed by atoms with Crippen molar-refractivity contribution >= 4 is 32.8 Å². The van der Waals surface area contributed by atoms with Crippen molar-refractivity contribution < 1.29 is 27.6 Å². The largest absolute Gasteiger partial charge is 0.465 e. The number of aromatic amines is 1. The fourth-order valence-corrected chi connectivity index (χ4v) is 4.87. The van der Waals surface area contributed by atoms with E-state index in [4.69, 9.17) is 9.57 Å². The normalized spacial score (nSPS) is 13.9. The van der Waals surface area contributed by atoms with Gasteiger partial charge in [-0.1, -0.05) is 10.5 Å². The maximum absolute atomic E-state index is 13.2. The summed E-state index contributed by atoms with van der Waals surface area (Å²) in [6.07, 6.45) is 0.619. The van der Waals surface area contributed by atoms with E-state index < -0.39 is 16.0 Å². The number of benzene rings is 2. The van der Waals surface area contributed by atoms with Gasteiger partial charge in [0.15, 0.2) is 0 Å². The Labute approximate surface area is 185 Å². The second kappa shape index (κ2) is 8.38. The molecule has 0 radical (unpaired) electrons. The first-order chi connectivity index (χ1) is 15.3. The number of carbonyl (C=O) groups is 2. The fourth-order valence-electron chi connectivity index (χ4n) is 3.85. The molecular weight excluding hydrogens is 434 g/mol. The number of ether oxygens (including phenoxy) is 1. The molecular formula is C22H23N3O6S. The molecule has 0 saturated heterocycles. The Bertz CT molecular complexity index is 1310. The highest BCUT2D eigenvalue weighted by molar-refractivity contribution is 7.89. The topological polar surface area (TPSA) is 109 Å². The van der Waals surface area contributed by atoms with Crippen LogP contribution in [0.3, 0.4) is 0 Å². The predicted molar refractivity (Wildman–Crippen MR) is 116 cm³/mol. The van der Waals surface area contributed by atoms with E-state index in [-0.39, 0.29) is 16.4 Å². The number of hydrogen-bond donors (Lipinski definition) is 1. The van der Waals surface area contributed by atoms with Gasteiger partial charge in [-0.05, 0) is 36.4 Å². The Balaban J connectivity index is 1.64. The van der Waals surface area contributed by atoms with E-state index in [1.807, 2.05) is 6.07 Å². The second-order valence-electron chi connectivity index (χ2n) is 7.44. The molecule has 0 saturated carbocycles. The summed E-state index contributed by atoms with van der Waals surface area (Å²) in [7, 11) is 0.00531. The highest BCUT2D eigenvalue weighted by atomic mass is 32.2. The number of nitrogens with one attached hydrogen (secondary N) is 1. The smallest absolute Gasteiger partial charge is 0.337 e. The van der Waals surface area contributed by atoms with Gasteiger partial charge in [-0.3, -0.25) is 9.63 Å². The molecule has 1 amide bonds. The average Bonchev–Trinajstić information content (AvgIpc) is 3.19. The fraction of sp³-hybridized carbons (Fsp3) is 0.273. The maximum atomic E-state index is 13.2. The first kappa shape index (κ1) is 22.0. The van der Waals surface area contributed by atoms with E-state index in [9.17, 15) is 18.0 Å². The Morgan fingerprint density at radius 3 is 2.59 bits per heavy atom. The summed E-state index contributed by atoms with van der Waals surface area (Å²) >= 11 is 0. The van der Waals surface area contributed by atoms with E-state index in [1.165, 1.54) is 39.5 Å². The van der Waals surface area contributed by atoms with Crippen LogP contribution in [0, 0.1) is 0 Å². The van der Waals surface area contributed by atoms with Gasteiger partial charge in [0.25, 0.3) is 15.9 Å². The van der Waals surface area contributed by atoms with Gasteiger partial charge in [0.1, 0.15) is 0 Å². The summed E-state index contributed by atoms with van der Waals surface area (Å²) in [5.41, 5.74) is 3.55. The number of carbonyl (C=O) groups excluding carboxylic acids is 2. The SMILES string of the molecule is COC(=O)c1ccc2[nH]c3c(c2c1)CN(C(=O)c1cccc(S(=O)(=O)N(C)OC)c1)CC3. The van der Waals surface area contributed by atoms with E-state index in [0.717, 1.165) is 26.6 Å². The van der Waals surface area contributed by atoms with Crippen molar-refractivity contribution in [3.05, 3.63) is 64.8 Å². The number of amides is 1. The molecule has 2 heterocycles. The monoisotopic (exact) mass is 457 g/mol. The van der Waals surface area contributed by atoms with Crippen LogP contribution in [0.15, 0.2) is 47.4 Å². The van der Waals surface area contributed by atoms with Gasteiger partial charge in [-0.25, -0.2) is 13.2 Å². The molecule has 0 aliphatic carbocycles. The van der Waals surface area contributed by atoms with Gasteiger partial charge in [0.2, 0.25) is 0 Å². The van der Waals surface area contributed by atoms with Crippen LogP contribution in [0.25, 0.3) is 10.9 Å². The summed E-state index contributed by atoms with van der Waals surface area (Å²) in [5, 5.41) is 0.860. The number of hydroxylamine groups is 1. The molecule has 168 valence electrons. The molecule has 9 nitrogen and oxygen atoms in total. The summed E-state index contributed by atoms with van der Waals surface area (Å²) in [6, 6.07) is 11.2. The van der Waals surface area contributed by atoms with Crippen LogP contribution >= 0.6 is 0 Å². The van der Waals surface area contributed by atoms with Gasteiger partial charge in [0.05, 0.1) is 24.7 Å². The second-order valence-corrected chi connectivity index (χ2v) is 9.37. The average molecular weight is 458 g/mol. The van der Waals surface area contributed by atoms with E-state index in [2.05, 4.69) is 4.98 Å². The molecule has 0 spiro atoms. The van der Waals surface area contributed by atoms with Crippen molar-refractivity contribution in [2.24, 2.45) is 0 Å². The van der Waals surface area contributed by atoms with Crippen LogP contribution in [-0.4, -0.2) is 62.5 Å². The molecule has 32 heavy (non-hydrogen) atoms. The van der Waals surface area contributed by atoms with Crippen LogP contribution < -0.4 is 0 Å². The minimum atomic E-state index is -3.87. The number of hydrogen-bond acceptors (Lipinski definition) is 6. The third-order valence-electron chi connectivity index (χ3n) is 5.66. The number of esters is 1. The minimum Gasteiger partial charge on any atom is -0.465 e. The summed E-state index contributed by atoms with van der Waals surface area (Å²) in [4.78, 5) is 34.9. The van der Waals surface area contributed by atoms with Gasteiger partial charge >= 0.3 is 5.97 Å².